The molecule has 0 saturated heterocycles. The van der Waals surface area contributed by atoms with Gasteiger partial charge in [-0.3, -0.25) is 0 Å². The summed E-state index contributed by atoms with van der Waals surface area (Å²) in [6, 6.07) is 6.63. The molecule has 1 aromatic rings. The molecule has 1 aromatic carbocycles. The van der Waals surface area contributed by atoms with Gasteiger partial charge in [0.25, 0.3) is 0 Å². The SMILES string of the molecule is C=CC1=C(/C=C\C)c2ccc(C)cc2/C1=C/C. The molecule has 0 fully saturated rings. The lowest BCUT2D eigenvalue weighted by Gasteiger charge is -2.04. The third-order valence-corrected chi connectivity index (χ3v) is 3.16. The van der Waals surface area contributed by atoms with Crippen LogP contribution in [-0.2, 0) is 0 Å². The highest BCUT2D eigenvalue weighted by Crippen LogP contribution is 2.42. The first-order chi connectivity index (χ1) is 8.22. The fourth-order valence-corrected chi connectivity index (χ4v) is 2.43. The van der Waals surface area contributed by atoms with Crippen molar-refractivity contribution < 1.29 is 0 Å². The van der Waals surface area contributed by atoms with Crippen molar-refractivity contribution in [2.45, 2.75) is 20.8 Å². The fraction of sp³-hybridized carbons (Fsp3) is 0.176. The molecule has 0 bridgehead atoms. The van der Waals surface area contributed by atoms with Crippen molar-refractivity contribution >= 4 is 11.1 Å². The summed E-state index contributed by atoms with van der Waals surface area (Å²) in [5.41, 5.74) is 7.77. The molecule has 0 aromatic heterocycles. The number of allylic oxidation sites excluding steroid dienone is 7. The summed E-state index contributed by atoms with van der Waals surface area (Å²) in [6.45, 7) is 10.2. The molecule has 0 aliphatic heterocycles. The average molecular weight is 222 g/mol. The van der Waals surface area contributed by atoms with Gasteiger partial charge in [0.05, 0.1) is 0 Å². The van der Waals surface area contributed by atoms with Gasteiger partial charge in [0.15, 0.2) is 0 Å². The van der Waals surface area contributed by atoms with E-state index in [0.717, 1.165) is 0 Å². The predicted octanol–water partition coefficient (Wildman–Crippen LogP) is 4.93. The van der Waals surface area contributed by atoms with E-state index in [9.17, 15) is 0 Å². The van der Waals surface area contributed by atoms with Crippen LogP contribution in [0.15, 0.2) is 54.7 Å². The van der Waals surface area contributed by atoms with Crippen LogP contribution in [0.25, 0.3) is 11.1 Å². The van der Waals surface area contributed by atoms with Crippen LogP contribution in [0.3, 0.4) is 0 Å². The van der Waals surface area contributed by atoms with E-state index in [4.69, 9.17) is 0 Å². The third kappa shape index (κ3) is 1.80. The molecule has 0 radical (unpaired) electrons. The molecule has 0 heterocycles. The van der Waals surface area contributed by atoms with Gasteiger partial charge in [-0.2, -0.15) is 0 Å². The van der Waals surface area contributed by atoms with Crippen molar-refractivity contribution in [2.24, 2.45) is 0 Å². The minimum Gasteiger partial charge on any atom is -0.0984 e. The molecule has 0 atom stereocenters. The minimum absolute atomic E-state index is 1.24. The number of aryl methyl sites for hydroxylation is 1. The van der Waals surface area contributed by atoms with Crippen molar-refractivity contribution in [3.8, 4) is 0 Å². The summed E-state index contributed by atoms with van der Waals surface area (Å²) in [6.07, 6.45) is 8.38. The second-order valence-electron chi connectivity index (χ2n) is 4.28. The van der Waals surface area contributed by atoms with E-state index < -0.39 is 0 Å². The molecule has 0 amide bonds. The summed E-state index contributed by atoms with van der Waals surface area (Å²) in [7, 11) is 0. The number of benzene rings is 1. The minimum atomic E-state index is 1.24. The maximum Gasteiger partial charge on any atom is -0.00990 e. The van der Waals surface area contributed by atoms with Crippen LogP contribution in [0.4, 0.5) is 0 Å². The van der Waals surface area contributed by atoms with Gasteiger partial charge in [-0.25, -0.2) is 0 Å². The van der Waals surface area contributed by atoms with Crippen LogP contribution >= 0.6 is 0 Å². The molecule has 0 unspecified atom stereocenters. The Morgan fingerprint density at radius 1 is 1.06 bits per heavy atom. The normalized spacial score (nSPS) is 17.0. The van der Waals surface area contributed by atoms with E-state index in [-0.39, 0.29) is 0 Å². The Bertz CT molecular complexity index is 551. The van der Waals surface area contributed by atoms with E-state index in [1.54, 1.807) is 0 Å². The summed E-state index contributed by atoms with van der Waals surface area (Å²) in [5.74, 6) is 0. The summed E-state index contributed by atoms with van der Waals surface area (Å²) >= 11 is 0. The van der Waals surface area contributed by atoms with Gasteiger partial charge >= 0.3 is 0 Å². The van der Waals surface area contributed by atoms with Gasteiger partial charge in [0.1, 0.15) is 0 Å². The van der Waals surface area contributed by atoms with Crippen molar-refractivity contribution in [1.82, 2.24) is 0 Å². The molecule has 0 saturated carbocycles. The lowest BCUT2D eigenvalue weighted by atomic mass is 10.0. The molecule has 17 heavy (non-hydrogen) atoms. The van der Waals surface area contributed by atoms with E-state index in [0.29, 0.717) is 0 Å². The molecule has 0 heteroatoms. The summed E-state index contributed by atoms with van der Waals surface area (Å²) in [5, 5.41) is 0. The van der Waals surface area contributed by atoms with Crippen LogP contribution in [-0.4, -0.2) is 0 Å². The number of rotatable bonds is 2. The van der Waals surface area contributed by atoms with Crippen LogP contribution in [0.5, 0.6) is 0 Å². The van der Waals surface area contributed by atoms with Gasteiger partial charge in [0, 0.05) is 0 Å². The molecule has 0 spiro atoms. The van der Waals surface area contributed by atoms with Crippen molar-refractivity contribution in [3.63, 3.8) is 0 Å². The zero-order valence-corrected chi connectivity index (χ0v) is 10.7. The summed E-state index contributed by atoms with van der Waals surface area (Å²) < 4.78 is 0. The van der Waals surface area contributed by atoms with E-state index in [1.807, 2.05) is 6.08 Å². The maximum absolute atomic E-state index is 3.95. The molecule has 1 aliphatic carbocycles. The fourth-order valence-electron chi connectivity index (χ4n) is 2.43. The maximum atomic E-state index is 3.95. The second kappa shape index (κ2) is 4.58. The van der Waals surface area contributed by atoms with Crippen LogP contribution in [0.1, 0.15) is 30.5 Å². The molecule has 0 N–H and O–H groups in total. The third-order valence-electron chi connectivity index (χ3n) is 3.16. The molecule has 0 nitrogen and oxygen atoms in total. The molecule has 86 valence electrons. The number of fused-ring (bicyclic) bond motifs is 1. The lowest BCUT2D eigenvalue weighted by molar-refractivity contribution is 1.44. The highest BCUT2D eigenvalue weighted by Gasteiger charge is 2.22. The first kappa shape index (κ1) is 11.7. The molecular formula is C17H18. The van der Waals surface area contributed by atoms with Crippen LogP contribution in [0, 0.1) is 6.92 Å². The van der Waals surface area contributed by atoms with Crippen LogP contribution < -0.4 is 0 Å². The predicted molar refractivity (Wildman–Crippen MR) is 76.8 cm³/mol. The van der Waals surface area contributed by atoms with Gasteiger partial charge in [-0.1, -0.05) is 54.6 Å². The lowest BCUT2D eigenvalue weighted by Crippen LogP contribution is -1.84. The Balaban J connectivity index is 2.75. The van der Waals surface area contributed by atoms with Crippen molar-refractivity contribution in [1.29, 1.82) is 0 Å². The molecular weight excluding hydrogens is 204 g/mol. The molecule has 2 rings (SSSR count). The van der Waals surface area contributed by atoms with Gasteiger partial charge in [-0.05, 0) is 48.6 Å². The van der Waals surface area contributed by atoms with E-state index in [1.165, 1.54) is 33.4 Å². The van der Waals surface area contributed by atoms with Crippen molar-refractivity contribution in [3.05, 3.63) is 71.3 Å². The number of hydrogen-bond donors (Lipinski definition) is 0. The summed E-state index contributed by atoms with van der Waals surface area (Å²) in [4.78, 5) is 0. The monoisotopic (exact) mass is 222 g/mol. The largest absolute Gasteiger partial charge is 0.0984 e. The Labute approximate surface area is 104 Å². The van der Waals surface area contributed by atoms with Gasteiger partial charge in [0.2, 0.25) is 0 Å². The van der Waals surface area contributed by atoms with Crippen molar-refractivity contribution in [2.75, 3.05) is 0 Å². The van der Waals surface area contributed by atoms with Crippen LogP contribution in [0.2, 0.25) is 0 Å². The number of hydrogen-bond acceptors (Lipinski definition) is 0. The highest BCUT2D eigenvalue weighted by molar-refractivity contribution is 6.04. The quantitative estimate of drug-likeness (QED) is 0.665. The van der Waals surface area contributed by atoms with E-state index >= 15 is 0 Å². The standard InChI is InChI=1S/C17H18/c1-5-8-15-13(6-2)14(7-3)17-11-12(4)9-10-16(15)17/h5-11H,2H2,1,3-4H3/b8-5-,14-7+. The Morgan fingerprint density at radius 2 is 1.82 bits per heavy atom. The zero-order chi connectivity index (χ0) is 12.4. The van der Waals surface area contributed by atoms with Gasteiger partial charge < -0.3 is 0 Å². The zero-order valence-electron chi connectivity index (χ0n) is 10.7. The molecule has 1 aliphatic rings. The Hall–Kier alpha value is -1.82. The van der Waals surface area contributed by atoms with Gasteiger partial charge in [-0.15, -0.1) is 0 Å². The first-order valence-electron chi connectivity index (χ1n) is 6.00. The smallest absolute Gasteiger partial charge is 0.00990 e. The highest BCUT2D eigenvalue weighted by atomic mass is 14.2. The first-order valence-corrected chi connectivity index (χ1v) is 6.00. The topological polar surface area (TPSA) is 0 Å². The van der Waals surface area contributed by atoms with E-state index in [2.05, 4.69) is 63.8 Å². The Morgan fingerprint density at radius 3 is 2.41 bits per heavy atom. The second-order valence-corrected chi connectivity index (χ2v) is 4.28. The average Bonchev–Trinajstić information content (AvgIpc) is 2.62. The Kier molecular flexibility index (Phi) is 3.14.